The van der Waals surface area contributed by atoms with E-state index in [-0.39, 0.29) is 0 Å². The summed E-state index contributed by atoms with van der Waals surface area (Å²) in [4.78, 5) is 1.58. The van der Waals surface area contributed by atoms with Crippen molar-refractivity contribution in [1.82, 2.24) is 4.57 Å². The minimum Gasteiger partial charge on any atom is -0.340 e. The zero-order chi connectivity index (χ0) is 15.1. The van der Waals surface area contributed by atoms with Gasteiger partial charge in [-0.05, 0) is 49.9 Å². The molecule has 4 rings (SSSR count). The van der Waals surface area contributed by atoms with Gasteiger partial charge >= 0.3 is 0 Å². The number of hydrogen-bond donors (Lipinski definition) is 0. The van der Waals surface area contributed by atoms with Crippen LogP contribution in [0.25, 0.3) is 21.8 Å². The van der Waals surface area contributed by atoms with Crippen LogP contribution in [0, 0.1) is 6.92 Å². The fourth-order valence-electron chi connectivity index (χ4n) is 3.72. The van der Waals surface area contributed by atoms with Crippen molar-refractivity contribution in [1.29, 1.82) is 0 Å². The molecule has 0 radical (unpaired) electrons. The maximum atomic E-state index is 2.51. The fraction of sp³-hybridized carbons (Fsp3) is 0.400. The summed E-state index contributed by atoms with van der Waals surface area (Å²) in [6.07, 6.45) is 4.01. The number of nitrogens with zero attached hydrogens (tertiary/aromatic N) is 1. The van der Waals surface area contributed by atoms with Crippen molar-refractivity contribution in [2.45, 2.75) is 44.6 Å². The molecular formula is C20H24NS+. The van der Waals surface area contributed by atoms with Crippen molar-refractivity contribution >= 4 is 32.7 Å². The molecule has 1 aliphatic heterocycles. The molecule has 114 valence electrons. The molecule has 2 heteroatoms. The number of benzene rings is 2. The zero-order valence-electron chi connectivity index (χ0n) is 13.6. The summed E-state index contributed by atoms with van der Waals surface area (Å²) in [5.41, 5.74) is 4.17. The Hall–Kier alpha value is -1.41. The monoisotopic (exact) mass is 310 g/mol. The Balaban J connectivity index is 1.97. The van der Waals surface area contributed by atoms with Crippen LogP contribution in [0.3, 0.4) is 0 Å². The van der Waals surface area contributed by atoms with Crippen LogP contribution in [0.2, 0.25) is 0 Å². The highest BCUT2D eigenvalue weighted by molar-refractivity contribution is 7.97. The molecule has 1 saturated heterocycles. The Morgan fingerprint density at radius 2 is 1.77 bits per heavy atom. The highest BCUT2D eigenvalue weighted by Gasteiger charge is 2.27. The van der Waals surface area contributed by atoms with Crippen LogP contribution in [0.5, 0.6) is 0 Å². The topological polar surface area (TPSA) is 4.93 Å². The van der Waals surface area contributed by atoms with E-state index in [1.807, 2.05) is 0 Å². The Morgan fingerprint density at radius 1 is 0.955 bits per heavy atom. The average Bonchev–Trinajstić information content (AvgIpc) is 3.15. The first-order valence-corrected chi connectivity index (χ1v) is 10.0. The smallest absolute Gasteiger partial charge is 0.155 e. The van der Waals surface area contributed by atoms with Crippen molar-refractivity contribution in [2.24, 2.45) is 0 Å². The van der Waals surface area contributed by atoms with Gasteiger partial charge in [0.05, 0.1) is 0 Å². The molecule has 1 fully saturated rings. The fourth-order valence-corrected chi connectivity index (χ4v) is 6.05. The number of hydrogen-bond acceptors (Lipinski definition) is 0. The van der Waals surface area contributed by atoms with Crippen molar-refractivity contribution in [3.05, 3.63) is 42.0 Å². The van der Waals surface area contributed by atoms with E-state index in [1.165, 1.54) is 58.1 Å². The summed E-state index contributed by atoms with van der Waals surface area (Å²) in [6.45, 7) is 5.56. The Bertz CT molecular complexity index is 824. The van der Waals surface area contributed by atoms with Crippen molar-refractivity contribution in [3.8, 4) is 0 Å². The lowest BCUT2D eigenvalue weighted by molar-refractivity contribution is 0.723. The number of fused-ring (bicyclic) bond motifs is 3. The third-order valence-electron chi connectivity index (χ3n) is 4.81. The first-order chi connectivity index (χ1) is 10.8. The summed E-state index contributed by atoms with van der Waals surface area (Å²) < 4.78 is 2.51. The van der Waals surface area contributed by atoms with Crippen LogP contribution >= 0.6 is 0 Å². The van der Waals surface area contributed by atoms with Gasteiger partial charge in [0.25, 0.3) is 0 Å². The minimum atomic E-state index is 0.502. The molecule has 0 N–H and O–H groups in total. The second kappa shape index (κ2) is 5.66. The van der Waals surface area contributed by atoms with Crippen LogP contribution in [0.4, 0.5) is 0 Å². The van der Waals surface area contributed by atoms with Gasteiger partial charge in [0.1, 0.15) is 11.5 Å². The van der Waals surface area contributed by atoms with Crippen LogP contribution < -0.4 is 0 Å². The molecule has 1 aliphatic rings. The Labute approximate surface area is 135 Å². The van der Waals surface area contributed by atoms with Crippen LogP contribution in [-0.2, 0) is 17.4 Å². The second-order valence-corrected chi connectivity index (χ2v) is 8.73. The molecule has 0 aliphatic carbocycles. The SMILES string of the molecule is CCCn1c2ccc([S+]3CCCC3)cc2c2ccc(C)cc21. The quantitative estimate of drug-likeness (QED) is 0.580. The van der Waals surface area contributed by atoms with Crippen LogP contribution in [0.15, 0.2) is 41.3 Å². The Morgan fingerprint density at radius 3 is 2.55 bits per heavy atom. The van der Waals surface area contributed by atoms with E-state index in [0.29, 0.717) is 10.9 Å². The van der Waals surface area contributed by atoms with Crippen LogP contribution in [-0.4, -0.2) is 16.1 Å². The lowest BCUT2D eigenvalue weighted by atomic mass is 10.1. The molecule has 2 aromatic carbocycles. The van der Waals surface area contributed by atoms with E-state index in [2.05, 4.69) is 54.8 Å². The van der Waals surface area contributed by atoms with Crippen molar-refractivity contribution in [2.75, 3.05) is 11.5 Å². The largest absolute Gasteiger partial charge is 0.340 e. The lowest BCUT2D eigenvalue weighted by Gasteiger charge is -2.06. The van der Waals surface area contributed by atoms with Gasteiger partial charge in [-0.2, -0.15) is 0 Å². The molecule has 22 heavy (non-hydrogen) atoms. The summed E-state index contributed by atoms with van der Waals surface area (Å²) in [5.74, 6) is 2.80. The van der Waals surface area contributed by atoms with Crippen molar-refractivity contribution in [3.63, 3.8) is 0 Å². The van der Waals surface area contributed by atoms with E-state index >= 15 is 0 Å². The van der Waals surface area contributed by atoms with Gasteiger partial charge in [-0.15, -0.1) is 0 Å². The van der Waals surface area contributed by atoms with Crippen molar-refractivity contribution < 1.29 is 0 Å². The first-order valence-electron chi connectivity index (χ1n) is 8.48. The predicted octanol–water partition coefficient (Wildman–Crippen LogP) is 5.28. The lowest BCUT2D eigenvalue weighted by Crippen LogP contribution is -2.03. The van der Waals surface area contributed by atoms with E-state index in [9.17, 15) is 0 Å². The van der Waals surface area contributed by atoms with Gasteiger partial charge in [0.2, 0.25) is 0 Å². The molecule has 0 saturated carbocycles. The van der Waals surface area contributed by atoms with Gasteiger partial charge in [-0.25, -0.2) is 0 Å². The highest BCUT2D eigenvalue weighted by Crippen LogP contribution is 2.33. The van der Waals surface area contributed by atoms with Gasteiger partial charge in [-0.1, -0.05) is 19.1 Å². The molecule has 0 spiro atoms. The normalized spacial score (nSPS) is 16.1. The van der Waals surface area contributed by atoms with Gasteiger partial charge in [0, 0.05) is 45.3 Å². The van der Waals surface area contributed by atoms with E-state index < -0.39 is 0 Å². The standard InChI is InChI=1S/C20H24NS/c1-3-10-21-19-9-7-16(22-11-4-5-12-22)14-18(19)17-8-6-15(2)13-20(17)21/h6-9,13-14H,3-5,10-12H2,1-2H3/q+1. The molecule has 1 nitrogen and oxygen atoms in total. The Kier molecular flexibility index (Phi) is 3.65. The summed E-state index contributed by atoms with van der Waals surface area (Å²) in [5, 5.41) is 2.89. The van der Waals surface area contributed by atoms with Gasteiger partial charge in [-0.3, -0.25) is 0 Å². The third-order valence-corrected chi connectivity index (χ3v) is 7.29. The minimum absolute atomic E-state index is 0.502. The number of rotatable bonds is 3. The second-order valence-electron chi connectivity index (χ2n) is 6.46. The maximum absolute atomic E-state index is 2.51. The summed E-state index contributed by atoms with van der Waals surface area (Å²) in [6, 6.07) is 14.2. The molecular weight excluding hydrogens is 286 g/mol. The molecule has 1 aromatic heterocycles. The third kappa shape index (κ3) is 2.25. The first kappa shape index (κ1) is 14.2. The summed E-state index contributed by atoms with van der Waals surface area (Å²) >= 11 is 0. The molecule has 2 heterocycles. The van der Waals surface area contributed by atoms with E-state index in [4.69, 9.17) is 0 Å². The van der Waals surface area contributed by atoms with Crippen LogP contribution in [0.1, 0.15) is 31.7 Å². The van der Waals surface area contributed by atoms with E-state index in [0.717, 1.165) is 6.54 Å². The molecule has 3 aromatic rings. The molecule has 0 bridgehead atoms. The predicted molar refractivity (Wildman–Crippen MR) is 99.1 cm³/mol. The number of aromatic nitrogens is 1. The van der Waals surface area contributed by atoms with E-state index in [1.54, 1.807) is 4.90 Å². The average molecular weight is 310 g/mol. The maximum Gasteiger partial charge on any atom is 0.155 e. The molecule has 0 atom stereocenters. The molecule has 0 unspecified atom stereocenters. The zero-order valence-corrected chi connectivity index (χ0v) is 14.4. The van der Waals surface area contributed by atoms with Gasteiger partial charge < -0.3 is 4.57 Å². The summed E-state index contributed by atoms with van der Waals surface area (Å²) in [7, 11) is 0.502. The molecule has 0 amide bonds. The van der Waals surface area contributed by atoms with Gasteiger partial charge in [0.15, 0.2) is 4.90 Å². The number of aryl methyl sites for hydroxylation is 2. The highest BCUT2D eigenvalue weighted by atomic mass is 32.2.